The average Bonchev–Trinajstić information content (AvgIpc) is 3.10. The molecule has 0 atom stereocenters. The number of amides is 1. The predicted molar refractivity (Wildman–Crippen MR) is 116 cm³/mol. The van der Waals surface area contributed by atoms with E-state index in [2.05, 4.69) is 0 Å². The van der Waals surface area contributed by atoms with E-state index in [4.69, 9.17) is 4.42 Å². The molecule has 2 heterocycles. The summed E-state index contributed by atoms with van der Waals surface area (Å²) in [6, 6.07) is 14.6. The van der Waals surface area contributed by atoms with Gasteiger partial charge in [-0.2, -0.15) is 4.31 Å². The summed E-state index contributed by atoms with van der Waals surface area (Å²) in [5.74, 6) is 0.0175. The van der Waals surface area contributed by atoms with E-state index >= 15 is 0 Å². The molecule has 2 aromatic carbocycles. The Morgan fingerprint density at radius 2 is 1.77 bits per heavy atom. The van der Waals surface area contributed by atoms with Gasteiger partial charge in [-0.3, -0.25) is 4.79 Å². The van der Waals surface area contributed by atoms with Crippen molar-refractivity contribution in [2.45, 2.75) is 37.6 Å². The summed E-state index contributed by atoms with van der Waals surface area (Å²) >= 11 is 0. The van der Waals surface area contributed by atoms with Crippen LogP contribution in [0.1, 0.15) is 40.9 Å². The van der Waals surface area contributed by atoms with Crippen molar-refractivity contribution in [2.75, 3.05) is 20.1 Å². The molecule has 0 bridgehead atoms. The van der Waals surface area contributed by atoms with Gasteiger partial charge in [-0.25, -0.2) is 8.42 Å². The van der Waals surface area contributed by atoms with Crippen LogP contribution < -0.4 is 0 Å². The molecule has 1 saturated heterocycles. The fourth-order valence-electron chi connectivity index (χ4n) is 3.92. The fourth-order valence-corrected chi connectivity index (χ4v) is 5.47. The second-order valence-electron chi connectivity index (χ2n) is 7.83. The first kappa shape index (κ1) is 20.6. The van der Waals surface area contributed by atoms with Crippen LogP contribution in [0.5, 0.6) is 0 Å². The standard InChI is InChI=1S/C23H26N2O4S/c1-17-20-15-19(30(27,28)25-13-7-4-8-14-25)11-12-21(20)29-22(17)23(26)24(2)16-18-9-5-3-6-10-18/h3,5-6,9-12,15H,4,7-8,13-14,16H2,1-2H3. The summed E-state index contributed by atoms with van der Waals surface area (Å²) in [5, 5.41) is 0.657. The normalized spacial score (nSPS) is 15.4. The molecule has 1 amide bonds. The van der Waals surface area contributed by atoms with Gasteiger partial charge in [0, 0.05) is 37.6 Å². The van der Waals surface area contributed by atoms with Gasteiger partial charge >= 0.3 is 0 Å². The van der Waals surface area contributed by atoms with Crippen molar-refractivity contribution >= 4 is 26.9 Å². The second kappa shape index (κ2) is 8.24. The zero-order valence-electron chi connectivity index (χ0n) is 17.3. The van der Waals surface area contributed by atoms with Crippen molar-refractivity contribution in [3.05, 3.63) is 65.4 Å². The lowest BCUT2D eigenvalue weighted by Gasteiger charge is -2.25. The van der Waals surface area contributed by atoms with Gasteiger partial charge in [0.25, 0.3) is 5.91 Å². The van der Waals surface area contributed by atoms with Crippen LogP contribution >= 0.6 is 0 Å². The molecule has 0 spiro atoms. The Morgan fingerprint density at radius 3 is 2.47 bits per heavy atom. The number of piperidine rings is 1. The molecule has 4 rings (SSSR count). The third kappa shape index (κ3) is 3.87. The number of nitrogens with zero attached hydrogens (tertiary/aromatic N) is 2. The second-order valence-corrected chi connectivity index (χ2v) is 9.76. The highest BCUT2D eigenvalue weighted by atomic mass is 32.2. The van der Waals surface area contributed by atoms with Crippen molar-refractivity contribution in [2.24, 2.45) is 0 Å². The van der Waals surface area contributed by atoms with Crippen LogP contribution in [-0.4, -0.2) is 43.7 Å². The summed E-state index contributed by atoms with van der Waals surface area (Å²) in [6.45, 7) is 3.37. The van der Waals surface area contributed by atoms with Gasteiger partial charge in [-0.1, -0.05) is 36.8 Å². The van der Waals surface area contributed by atoms with Crippen LogP contribution in [-0.2, 0) is 16.6 Å². The van der Waals surface area contributed by atoms with Crippen LogP contribution in [0.25, 0.3) is 11.0 Å². The van der Waals surface area contributed by atoms with Crippen molar-refractivity contribution in [3.8, 4) is 0 Å². The van der Waals surface area contributed by atoms with E-state index in [0.717, 1.165) is 24.8 Å². The Bertz CT molecular complexity index is 1160. The Labute approximate surface area is 177 Å². The summed E-state index contributed by atoms with van der Waals surface area (Å²) in [7, 11) is -1.81. The number of carbonyl (C=O) groups excluding carboxylic acids is 1. The molecule has 0 radical (unpaired) electrons. The molecule has 1 aromatic heterocycles. The molecule has 0 aliphatic carbocycles. The molecule has 30 heavy (non-hydrogen) atoms. The van der Waals surface area contributed by atoms with Gasteiger partial charge in [-0.05, 0) is 43.5 Å². The summed E-state index contributed by atoms with van der Waals surface area (Å²) in [5.41, 5.74) is 2.20. The molecule has 0 N–H and O–H groups in total. The number of carbonyl (C=O) groups is 1. The zero-order valence-corrected chi connectivity index (χ0v) is 18.1. The van der Waals surface area contributed by atoms with Crippen molar-refractivity contribution in [3.63, 3.8) is 0 Å². The van der Waals surface area contributed by atoms with E-state index < -0.39 is 10.0 Å². The zero-order chi connectivity index (χ0) is 21.3. The molecule has 1 aliphatic rings. The Morgan fingerprint density at radius 1 is 1.07 bits per heavy atom. The smallest absolute Gasteiger partial charge is 0.289 e. The third-order valence-corrected chi connectivity index (χ3v) is 7.56. The molecule has 0 unspecified atom stereocenters. The molecule has 1 aliphatic heterocycles. The molecule has 158 valence electrons. The van der Waals surface area contributed by atoms with Crippen LogP contribution in [0.15, 0.2) is 57.8 Å². The number of furan rings is 1. The monoisotopic (exact) mass is 426 g/mol. The van der Waals surface area contributed by atoms with Crippen LogP contribution in [0.4, 0.5) is 0 Å². The Balaban J connectivity index is 1.63. The molecular weight excluding hydrogens is 400 g/mol. The summed E-state index contributed by atoms with van der Waals surface area (Å²) < 4.78 is 33.4. The number of rotatable bonds is 5. The highest BCUT2D eigenvalue weighted by molar-refractivity contribution is 7.89. The topological polar surface area (TPSA) is 70.8 Å². The SMILES string of the molecule is Cc1c(C(=O)N(C)Cc2ccccc2)oc2ccc(S(=O)(=O)N3CCCCC3)cc12. The number of aryl methyl sites for hydroxylation is 1. The fraction of sp³-hybridized carbons (Fsp3) is 0.348. The van der Waals surface area contributed by atoms with E-state index in [-0.39, 0.29) is 16.6 Å². The number of fused-ring (bicyclic) bond motifs is 1. The van der Waals surface area contributed by atoms with E-state index in [1.807, 2.05) is 30.3 Å². The summed E-state index contributed by atoms with van der Waals surface area (Å²) in [6.07, 6.45) is 2.84. The molecule has 7 heteroatoms. The maximum absolute atomic E-state index is 13.0. The minimum atomic E-state index is -3.54. The minimum Gasteiger partial charge on any atom is -0.451 e. The largest absolute Gasteiger partial charge is 0.451 e. The van der Waals surface area contributed by atoms with E-state index in [0.29, 0.717) is 36.2 Å². The minimum absolute atomic E-state index is 0.229. The number of benzene rings is 2. The van der Waals surface area contributed by atoms with Crippen molar-refractivity contribution < 1.29 is 17.6 Å². The van der Waals surface area contributed by atoms with Gasteiger partial charge in [0.2, 0.25) is 10.0 Å². The maximum Gasteiger partial charge on any atom is 0.289 e. The molecule has 3 aromatic rings. The first-order valence-electron chi connectivity index (χ1n) is 10.2. The molecule has 6 nitrogen and oxygen atoms in total. The van der Waals surface area contributed by atoms with Crippen LogP contribution in [0, 0.1) is 6.92 Å². The first-order valence-corrected chi connectivity index (χ1v) is 11.6. The molecular formula is C23H26N2O4S. The van der Waals surface area contributed by atoms with Gasteiger partial charge < -0.3 is 9.32 Å². The lowest BCUT2D eigenvalue weighted by atomic mass is 10.1. The van der Waals surface area contributed by atoms with Gasteiger partial charge in [0.1, 0.15) is 5.58 Å². The van der Waals surface area contributed by atoms with E-state index in [1.54, 1.807) is 41.4 Å². The number of hydrogen-bond acceptors (Lipinski definition) is 4. The number of hydrogen-bond donors (Lipinski definition) is 0. The molecule has 0 saturated carbocycles. The predicted octanol–water partition coefficient (Wildman–Crippen LogP) is 4.19. The molecule has 1 fully saturated rings. The van der Waals surface area contributed by atoms with Crippen LogP contribution in [0.2, 0.25) is 0 Å². The Kier molecular flexibility index (Phi) is 5.66. The van der Waals surface area contributed by atoms with Crippen LogP contribution in [0.3, 0.4) is 0 Å². The van der Waals surface area contributed by atoms with Gasteiger partial charge in [0.15, 0.2) is 5.76 Å². The highest BCUT2D eigenvalue weighted by Crippen LogP contribution is 2.30. The first-order chi connectivity index (χ1) is 14.4. The maximum atomic E-state index is 13.0. The Hall–Kier alpha value is -2.64. The number of sulfonamides is 1. The van der Waals surface area contributed by atoms with E-state index in [9.17, 15) is 13.2 Å². The third-order valence-electron chi connectivity index (χ3n) is 5.66. The van der Waals surface area contributed by atoms with E-state index in [1.165, 1.54) is 0 Å². The van der Waals surface area contributed by atoms with Crippen molar-refractivity contribution in [1.82, 2.24) is 9.21 Å². The van der Waals surface area contributed by atoms with Gasteiger partial charge in [-0.15, -0.1) is 0 Å². The highest BCUT2D eigenvalue weighted by Gasteiger charge is 2.28. The van der Waals surface area contributed by atoms with Gasteiger partial charge in [0.05, 0.1) is 4.90 Å². The summed E-state index contributed by atoms with van der Waals surface area (Å²) in [4.78, 5) is 14.8. The lowest BCUT2D eigenvalue weighted by molar-refractivity contribution is 0.0755. The van der Waals surface area contributed by atoms with Crippen molar-refractivity contribution in [1.29, 1.82) is 0 Å². The average molecular weight is 427 g/mol. The quantitative estimate of drug-likeness (QED) is 0.613. The lowest BCUT2D eigenvalue weighted by Crippen LogP contribution is -2.35.